The lowest BCUT2D eigenvalue weighted by Gasteiger charge is -2.04. The summed E-state index contributed by atoms with van der Waals surface area (Å²) in [5, 5.41) is 10.2. The van der Waals surface area contributed by atoms with Crippen molar-refractivity contribution in [2.24, 2.45) is 0 Å². The van der Waals surface area contributed by atoms with Crippen LogP contribution in [0.4, 0.5) is 0 Å². The molecule has 0 unspecified atom stereocenters. The van der Waals surface area contributed by atoms with Crippen molar-refractivity contribution in [3.8, 4) is 22.8 Å². The van der Waals surface area contributed by atoms with Crippen molar-refractivity contribution in [1.82, 2.24) is 10.2 Å². The van der Waals surface area contributed by atoms with Gasteiger partial charge in [0.2, 0.25) is 6.79 Å². The predicted molar refractivity (Wildman–Crippen MR) is 94.6 cm³/mol. The maximum atomic E-state index is 6.00. The molecule has 0 amide bonds. The van der Waals surface area contributed by atoms with Gasteiger partial charge < -0.3 is 9.47 Å². The van der Waals surface area contributed by atoms with Gasteiger partial charge in [-0.1, -0.05) is 35.5 Å². The molecule has 1 aliphatic heterocycles. The first-order valence-corrected chi connectivity index (χ1v) is 8.75. The molecule has 2 heterocycles. The number of hydrogen-bond acceptors (Lipinski definition) is 5. The van der Waals surface area contributed by atoms with E-state index in [2.05, 4.69) is 10.2 Å². The molecule has 4 rings (SSSR count). The maximum absolute atomic E-state index is 6.00. The fourth-order valence-electron chi connectivity index (χ4n) is 2.39. The molecule has 0 saturated heterocycles. The van der Waals surface area contributed by atoms with E-state index in [-0.39, 0.29) is 6.79 Å². The third kappa shape index (κ3) is 3.32. The number of thioether (sulfide) groups is 1. The van der Waals surface area contributed by atoms with Gasteiger partial charge in [0.15, 0.2) is 11.5 Å². The van der Waals surface area contributed by atoms with Crippen LogP contribution in [0.2, 0.25) is 5.02 Å². The van der Waals surface area contributed by atoms with Crippen LogP contribution in [0.15, 0.2) is 59.6 Å². The smallest absolute Gasteiger partial charge is 0.231 e. The molecular weight excluding hydrogens is 344 g/mol. The lowest BCUT2D eigenvalue weighted by molar-refractivity contribution is 0.174. The molecule has 0 N–H and O–H groups in total. The molecule has 0 aliphatic carbocycles. The van der Waals surface area contributed by atoms with Gasteiger partial charge in [-0.15, -0.1) is 10.2 Å². The number of aromatic nitrogens is 2. The largest absolute Gasteiger partial charge is 0.454 e. The standard InChI is InChI=1S/C18H13ClN2O2S/c19-14-3-1-2-12(8-14)10-24-18-7-5-15(20-21-18)13-4-6-16-17(9-13)23-11-22-16/h1-9H,10-11H2. The molecule has 3 aromatic rings. The summed E-state index contributed by atoms with van der Waals surface area (Å²) in [4.78, 5) is 0. The van der Waals surface area contributed by atoms with Crippen molar-refractivity contribution in [2.45, 2.75) is 10.8 Å². The van der Waals surface area contributed by atoms with E-state index < -0.39 is 0 Å². The first-order chi connectivity index (χ1) is 11.8. The van der Waals surface area contributed by atoms with Gasteiger partial charge in [-0.2, -0.15) is 0 Å². The third-order valence-electron chi connectivity index (χ3n) is 3.58. The molecule has 120 valence electrons. The van der Waals surface area contributed by atoms with Crippen molar-refractivity contribution in [1.29, 1.82) is 0 Å². The van der Waals surface area contributed by atoms with Gasteiger partial charge in [0.05, 0.1) is 5.69 Å². The Kier molecular flexibility index (Phi) is 4.28. The summed E-state index contributed by atoms with van der Waals surface area (Å²) in [7, 11) is 0. The summed E-state index contributed by atoms with van der Waals surface area (Å²) < 4.78 is 10.7. The van der Waals surface area contributed by atoms with E-state index in [0.717, 1.165) is 44.1 Å². The highest BCUT2D eigenvalue weighted by Crippen LogP contribution is 2.35. The molecule has 2 aromatic carbocycles. The maximum Gasteiger partial charge on any atom is 0.231 e. The number of fused-ring (bicyclic) bond motifs is 1. The van der Waals surface area contributed by atoms with Crippen molar-refractivity contribution in [3.05, 3.63) is 65.2 Å². The van der Waals surface area contributed by atoms with Crippen molar-refractivity contribution in [3.63, 3.8) is 0 Å². The number of rotatable bonds is 4. The Balaban J connectivity index is 1.46. The highest BCUT2D eigenvalue weighted by molar-refractivity contribution is 7.98. The van der Waals surface area contributed by atoms with Gasteiger partial charge in [0, 0.05) is 16.3 Å². The Hall–Kier alpha value is -2.24. The van der Waals surface area contributed by atoms with E-state index in [1.54, 1.807) is 11.8 Å². The van der Waals surface area contributed by atoms with Crippen molar-refractivity contribution >= 4 is 23.4 Å². The van der Waals surface area contributed by atoms with E-state index in [1.807, 2.05) is 54.6 Å². The third-order valence-corrected chi connectivity index (χ3v) is 4.81. The summed E-state index contributed by atoms with van der Waals surface area (Å²) >= 11 is 7.63. The second kappa shape index (κ2) is 6.71. The zero-order chi connectivity index (χ0) is 16.4. The normalized spacial score (nSPS) is 12.4. The van der Waals surface area contributed by atoms with E-state index in [4.69, 9.17) is 21.1 Å². The van der Waals surface area contributed by atoms with Crippen LogP contribution in [-0.2, 0) is 5.75 Å². The van der Waals surface area contributed by atoms with Gasteiger partial charge in [0.1, 0.15) is 5.03 Å². The van der Waals surface area contributed by atoms with Crippen LogP contribution in [0.25, 0.3) is 11.3 Å². The minimum Gasteiger partial charge on any atom is -0.454 e. The van der Waals surface area contributed by atoms with Crippen LogP contribution in [0.1, 0.15) is 5.56 Å². The van der Waals surface area contributed by atoms with Gasteiger partial charge in [-0.25, -0.2) is 0 Å². The molecule has 6 heteroatoms. The minimum atomic E-state index is 0.267. The van der Waals surface area contributed by atoms with E-state index >= 15 is 0 Å². The Morgan fingerprint density at radius 3 is 2.71 bits per heavy atom. The zero-order valence-corrected chi connectivity index (χ0v) is 14.2. The summed E-state index contributed by atoms with van der Waals surface area (Å²) in [6, 6.07) is 17.5. The molecule has 0 spiro atoms. The Labute approximate surface area is 148 Å². The van der Waals surface area contributed by atoms with E-state index in [0.29, 0.717) is 0 Å². The minimum absolute atomic E-state index is 0.267. The molecule has 24 heavy (non-hydrogen) atoms. The van der Waals surface area contributed by atoms with Gasteiger partial charge >= 0.3 is 0 Å². The SMILES string of the molecule is Clc1cccc(CSc2ccc(-c3ccc4c(c3)OCO4)nn2)c1. The van der Waals surface area contributed by atoms with Gasteiger partial charge in [-0.05, 0) is 48.0 Å². The summed E-state index contributed by atoms with van der Waals surface area (Å²) in [5.74, 6) is 2.31. The molecule has 0 fully saturated rings. The first kappa shape index (κ1) is 15.3. The number of halogens is 1. The average molecular weight is 357 g/mol. The molecule has 4 nitrogen and oxygen atoms in total. The van der Waals surface area contributed by atoms with E-state index in [9.17, 15) is 0 Å². The van der Waals surface area contributed by atoms with Crippen LogP contribution in [-0.4, -0.2) is 17.0 Å². The summed E-state index contributed by atoms with van der Waals surface area (Å²) in [6.07, 6.45) is 0. The highest BCUT2D eigenvalue weighted by atomic mass is 35.5. The van der Waals surface area contributed by atoms with Crippen molar-refractivity contribution < 1.29 is 9.47 Å². The van der Waals surface area contributed by atoms with Crippen LogP contribution >= 0.6 is 23.4 Å². The summed E-state index contributed by atoms with van der Waals surface area (Å²) in [5.41, 5.74) is 2.92. The molecule has 0 atom stereocenters. The lowest BCUT2D eigenvalue weighted by Crippen LogP contribution is -1.93. The molecule has 0 saturated carbocycles. The first-order valence-electron chi connectivity index (χ1n) is 7.39. The fraction of sp³-hybridized carbons (Fsp3) is 0.111. The van der Waals surface area contributed by atoms with Gasteiger partial charge in [-0.3, -0.25) is 0 Å². The average Bonchev–Trinajstić information content (AvgIpc) is 3.08. The Morgan fingerprint density at radius 1 is 0.958 bits per heavy atom. The van der Waals surface area contributed by atoms with Crippen LogP contribution in [0.3, 0.4) is 0 Å². The number of benzene rings is 2. The monoisotopic (exact) mass is 356 g/mol. The summed E-state index contributed by atoms with van der Waals surface area (Å²) in [6.45, 7) is 0.267. The zero-order valence-electron chi connectivity index (χ0n) is 12.6. The van der Waals surface area contributed by atoms with Gasteiger partial charge in [0.25, 0.3) is 0 Å². The Bertz CT molecular complexity index is 871. The second-order valence-electron chi connectivity index (χ2n) is 5.24. The van der Waals surface area contributed by atoms with E-state index in [1.165, 1.54) is 0 Å². The Morgan fingerprint density at radius 2 is 1.88 bits per heavy atom. The molecular formula is C18H13ClN2O2S. The quantitative estimate of drug-likeness (QED) is 0.627. The van der Waals surface area contributed by atoms with Crippen LogP contribution in [0, 0.1) is 0 Å². The molecule has 0 bridgehead atoms. The molecule has 0 radical (unpaired) electrons. The predicted octanol–water partition coefficient (Wildman–Crippen LogP) is 4.82. The van der Waals surface area contributed by atoms with Crippen LogP contribution < -0.4 is 9.47 Å². The number of ether oxygens (including phenoxy) is 2. The highest BCUT2D eigenvalue weighted by Gasteiger charge is 2.14. The number of nitrogens with zero attached hydrogens (tertiary/aromatic N) is 2. The number of hydrogen-bond donors (Lipinski definition) is 0. The van der Waals surface area contributed by atoms with Crippen LogP contribution in [0.5, 0.6) is 11.5 Å². The second-order valence-corrected chi connectivity index (χ2v) is 6.68. The topological polar surface area (TPSA) is 44.2 Å². The molecule has 1 aromatic heterocycles. The van der Waals surface area contributed by atoms with Crippen molar-refractivity contribution in [2.75, 3.05) is 6.79 Å². The fourth-order valence-corrected chi connectivity index (χ4v) is 3.36. The molecule has 1 aliphatic rings. The lowest BCUT2D eigenvalue weighted by atomic mass is 10.1.